The van der Waals surface area contributed by atoms with Crippen LogP contribution in [-0.2, 0) is 0 Å². The van der Waals surface area contributed by atoms with E-state index >= 15 is 0 Å². The van der Waals surface area contributed by atoms with E-state index in [0.29, 0.717) is 18.0 Å². The lowest BCUT2D eigenvalue weighted by Crippen LogP contribution is -2.67. The number of piperidine rings is 2. The molecule has 9 fully saturated rings. The number of aliphatic hydroxyl groups is 3. The van der Waals surface area contributed by atoms with Gasteiger partial charge in [0, 0.05) is 30.5 Å². The van der Waals surface area contributed by atoms with Gasteiger partial charge in [0.25, 0.3) is 0 Å². The molecule has 0 aromatic rings. The quantitative estimate of drug-likeness (QED) is 0.574. The number of hydrogen-bond acceptors (Lipinski definition) is 4. The first-order valence-corrected chi connectivity index (χ1v) is 9.83. The summed E-state index contributed by atoms with van der Waals surface area (Å²) in [5, 5.41) is 33.3. The molecule has 0 aromatic heterocycles. The number of rotatable bonds is 0. The molecule has 4 nitrogen and oxygen atoms in total. The van der Waals surface area contributed by atoms with Crippen LogP contribution in [0.2, 0.25) is 0 Å². The van der Waals surface area contributed by atoms with Crippen LogP contribution < -0.4 is 0 Å². The van der Waals surface area contributed by atoms with E-state index in [1.165, 1.54) is 0 Å². The summed E-state index contributed by atoms with van der Waals surface area (Å²) in [7, 11) is 0. The highest BCUT2D eigenvalue weighted by Crippen LogP contribution is 2.86. The fourth-order valence-corrected chi connectivity index (χ4v) is 10.7. The summed E-state index contributed by atoms with van der Waals surface area (Å²) in [4.78, 5) is 2.73. The number of hydrogen-bond donors (Lipinski definition) is 3. The van der Waals surface area contributed by atoms with E-state index < -0.39 is 12.2 Å². The van der Waals surface area contributed by atoms with E-state index in [1.54, 1.807) is 0 Å². The lowest BCUT2D eigenvalue weighted by Gasteiger charge is -2.65. The third-order valence-electron chi connectivity index (χ3n) is 10.1. The molecule has 0 amide bonds. The highest BCUT2D eigenvalue weighted by Gasteiger charge is 2.90. The lowest BCUT2D eigenvalue weighted by molar-refractivity contribution is -0.213. The molecule has 9 bridgehead atoms. The number of fused-ring (bicyclic) bond motifs is 1. The average Bonchev–Trinajstić information content (AvgIpc) is 2.88. The molecule has 0 radical (unpaired) electrons. The topological polar surface area (TPSA) is 63.9 Å². The van der Waals surface area contributed by atoms with Gasteiger partial charge in [0.15, 0.2) is 0 Å². The van der Waals surface area contributed by atoms with Gasteiger partial charge in [0.1, 0.15) is 0 Å². The van der Waals surface area contributed by atoms with E-state index in [2.05, 4.69) is 18.4 Å². The van der Waals surface area contributed by atoms with Gasteiger partial charge in [-0.2, -0.15) is 0 Å². The molecule has 4 heteroatoms. The fourth-order valence-electron chi connectivity index (χ4n) is 10.7. The lowest BCUT2D eigenvalue weighted by atomic mass is 9.39. The Balaban J connectivity index is 1.54. The van der Waals surface area contributed by atoms with Crippen LogP contribution in [0.5, 0.6) is 0 Å². The Hall–Kier alpha value is -0.420. The number of nitrogens with zero attached hydrogens (tertiary/aromatic N) is 1. The molecule has 130 valence electrons. The van der Waals surface area contributed by atoms with Gasteiger partial charge in [0.2, 0.25) is 0 Å². The second-order valence-corrected chi connectivity index (χ2v) is 10.8. The molecule has 3 aliphatic heterocycles. The Bertz CT molecular complexity index is 709. The molecular weight excluding hydrogens is 302 g/mol. The second-order valence-electron chi connectivity index (χ2n) is 10.8. The van der Waals surface area contributed by atoms with E-state index in [9.17, 15) is 15.3 Å². The highest BCUT2D eigenvalue weighted by molar-refractivity contribution is 5.43. The van der Waals surface area contributed by atoms with Crippen LogP contribution in [0.1, 0.15) is 32.6 Å². The van der Waals surface area contributed by atoms with Crippen molar-refractivity contribution in [2.24, 2.45) is 39.9 Å². The Labute approximate surface area is 142 Å². The van der Waals surface area contributed by atoms with Crippen molar-refractivity contribution >= 4 is 0 Å². The van der Waals surface area contributed by atoms with Crippen molar-refractivity contribution in [3.63, 3.8) is 0 Å². The summed E-state index contributed by atoms with van der Waals surface area (Å²) in [6, 6.07) is 0.999. The van der Waals surface area contributed by atoms with Crippen molar-refractivity contribution in [3.05, 3.63) is 12.2 Å². The standard InChI is InChI=1S/C20H27NO3/c1-8-3-19-6-10-15-18(2)4-9(22)5-20(15)16(19)14(24)11(8)13(23)12(19)17(20)21(10)7-18/h9-17,22-24H,1,3-7H2,2H3/t9-,10-,11-,12+,13-,14+,15+,16-,17+,18-,19-,20+/m0/s1. The predicted octanol–water partition coefficient (Wildman–Crippen LogP) is 0.764. The minimum absolute atomic E-state index is 0.0358. The smallest absolute Gasteiger partial charge is 0.0679 e. The molecule has 9 rings (SSSR count). The minimum Gasteiger partial charge on any atom is -0.393 e. The summed E-state index contributed by atoms with van der Waals surface area (Å²) in [5.41, 5.74) is 1.37. The fraction of sp³-hybridized carbons (Fsp3) is 0.900. The third-order valence-corrected chi connectivity index (χ3v) is 10.1. The van der Waals surface area contributed by atoms with Crippen LogP contribution in [-0.4, -0.2) is 57.2 Å². The molecule has 3 N–H and O–H groups in total. The van der Waals surface area contributed by atoms with Gasteiger partial charge in [-0.05, 0) is 53.8 Å². The van der Waals surface area contributed by atoms with Crippen molar-refractivity contribution in [3.8, 4) is 0 Å². The molecule has 13 atom stereocenters. The Morgan fingerprint density at radius 1 is 1.08 bits per heavy atom. The van der Waals surface area contributed by atoms with Crippen molar-refractivity contribution in [1.29, 1.82) is 0 Å². The van der Waals surface area contributed by atoms with Crippen LogP contribution in [0.4, 0.5) is 0 Å². The van der Waals surface area contributed by atoms with Gasteiger partial charge in [-0.15, -0.1) is 0 Å². The molecule has 3 heterocycles. The van der Waals surface area contributed by atoms with Crippen LogP contribution in [0, 0.1) is 39.9 Å². The van der Waals surface area contributed by atoms with Gasteiger partial charge in [0.05, 0.1) is 18.3 Å². The van der Waals surface area contributed by atoms with E-state index in [0.717, 1.165) is 37.8 Å². The maximum atomic E-state index is 11.3. The van der Waals surface area contributed by atoms with Gasteiger partial charge in [-0.25, -0.2) is 0 Å². The Morgan fingerprint density at radius 2 is 1.88 bits per heavy atom. The first kappa shape index (κ1) is 13.7. The molecule has 0 aromatic carbocycles. The molecule has 1 unspecified atom stereocenters. The zero-order chi connectivity index (χ0) is 16.4. The molecule has 24 heavy (non-hydrogen) atoms. The molecule has 3 saturated heterocycles. The van der Waals surface area contributed by atoms with Gasteiger partial charge < -0.3 is 15.3 Å². The zero-order valence-electron chi connectivity index (χ0n) is 14.2. The predicted molar refractivity (Wildman–Crippen MR) is 86.8 cm³/mol. The summed E-state index contributed by atoms with van der Waals surface area (Å²) >= 11 is 0. The van der Waals surface area contributed by atoms with Gasteiger partial charge >= 0.3 is 0 Å². The first-order chi connectivity index (χ1) is 11.4. The van der Waals surface area contributed by atoms with Crippen molar-refractivity contribution in [2.75, 3.05) is 6.54 Å². The first-order valence-electron chi connectivity index (χ1n) is 9.83. The Morgan fingerprint density at radius 3 is 2.67 bits per heavy atom. The van der Waals surface area contributed by atoms with E-state index in [1.807, 2.05) is 0 Å². The van der Waals surface area contributed by atoms with Crippen LogP contribution in [0.3, 0.4) is 0 Å². The normalized spacial score (nSPS) is 76.1. The van der Waals surface area contributed by atoms with E-state index in [4.69, 9.17) is 0 Å². The summed E-state index contributed by atoms with van der Waals surface area (Å²) in [5.74, 6) is 1.02. The van der Waals surface area contributed by atoms with Crippen LogP contribution >= 0.6 is 0 Å². The Kier molecular flexibility index (Phi) is 1.95. The molecule has 9 aliphatic rings. The SMILES string of the molecule is C=C1C[C@]23C[C@H]4[C@@H]5[C@@]6(C)C[C@H](O)C[C@@]57[C@@H]([C@H]2[C@@H](O)[C@H]1[C@@H](O)[C@@H]37)N4C6. The maximum absolute atomic E-state index is 11.3. The zero-order valence-corrected chi connectivity index (χ0v) is 14.2. The summed E-state index contributed by atoms with van der Waals surface area (Å²) in [6.45, 7) is 7.72. The molecule has 6 aliphatic carbocycles. The monoisotopic (exact) mass is 329 g/mol. The van der Waals surface area contributed by atoms with Gasteiger partial charge in [-0.1, -0.05) is 19.1 Å². The minimum atomic E-state index is -0.460. The second kappa shape index (κ2) is 3.40. The van der Waals surface area contributed by atoms with Crippen molar-refractivity contribution in [1.82, 2.24) is 4.90 Å². The summed E-state index contributed by atoms with van der Waals surface area (Å²) in [6.07, 6.45) is 2.76. The molecular formula is C20H27NO3. The largest absolute Gasteiger partial charge is 0.393 e. The van der Waals surface area contributed by atoms with Gasteiger partial charge in [-0.3, -0.25) is 4.90 Å². The summed E-state index contributed by atoms with van der Waals surface area (Å²) < 4.78 is 0. The number of aliphatic hydroxyl groups excluding tert-OH is 3. The maximum Gasteiger partial charge on any atom is 0.0679 e. The van der Waals surface area contributed by atoms with E-state index in [-0.39, 0.29) is 40.1 Å². The molecule has 2 spiro atoms. The van der Waals surface area contributed by atoms with Crippen LogP contribution in [0.15, 0.2) is 12.2 Å². The van der Waals surface area contributed by atoms with Crippen molar-refractivity contribution < 1.29 is 15.3 Å². The van der Waals surface area contributed by atoms with Crippen LogP contribution in [0.25, 0.3) is 0 Å². The molecule has 6 saturated carbocycles. The van der Waals surface area contributed by atoms with Crippen molar-refractivity contribution in [2.45, 2.75) is 63.0 Å². The average molecular weight is 329 g/mol. The highest BCUT2D eigenvalue weighted by atomic mass is 16.3. The third kappa shape index (κ3) is 0.980.